The standard InChI is InChI=1S/C19H20O4/c1-10-6-16(22)12(8-14(10)20)18(19(3,4)5)13-9-15(21)11(2)7-17(13)23/h6-9,18H,1-5H3. The molecule has 0 bridgehead atoms. The predicted octanol–water partition coefficient (Wildman–Crippen LogP) is 2.70. The van der Waals surface area contributed by atoms with Crippen molar-refractivity contribution in [3.05, 3.63) is 46.6 Å². The van der Waals surface area contributed by atoms with E-state index in [0.717, 1.165) is 0 Å². The van der Waals surface area contributed by atoms with Crippen LogP contribution in [0.4, 0.5) is 0 Å². The molecule has 2 aliphatic carbocycles. The van der Waals surface area contributed by atoms with Crippen LogP contribution in [0.5, 0.6) is 0 Å². The SMILES string of the molecule is CC1=CC(=O)C(C(C2=CC(=O)C(C)=CC2=O)C(C)(C)C)=CC1=O. The monoisotopic (exact) mass is 312 g/mol. The summed E-state index contributed by atoms with van der Waals surface area (Å²) in [6, 6.07) is 0. The average Bonchev–Trinajstić information content (AvgIpc) is 2.40. The Balaban J connectivity index is 2.58. The van der Waals surface area contributed by atoms with Gasteiger partial charge in [0.25, 0.3) is 0 Å². The minimum Gasteiger partial charge on any atom is -0.290 e. The van der Waals surface area contributed by atoms with Crippen molar-refractivity contribution in [1.29, 1.82) is 0 Å². The molecule has 23 heavy (non-hydrogen) atoms. The molecule has 120 valence electrons. The van der Waals surface area contributed by atoms with E-state index in [1.807, 2.05) is 20.8 Å². The van der Waals surface area contributed by atoms with Crippen LogP contribution in [0.3, 0.4) is 0 Å². The quantitative estimate of drug-likeness (QED) is 0.735. The second-order valence-electron chi connectivity index (χ2n) is 7.11. The summed E-state index contributed by atoms with van der Waals surface area (Å²) < 4.78 is 0. The molecule has 2 rings (SSSR count). The van der Waals surface area contributed by atoms with E-state index in [0.29, 0.717) is 11.1 Å². The lowest BCUT2D eigenvalue weighted by molar-refractivity contribution is -0.116. The van der Waals surface area contributed by atoms with Crippen LogP contribution in [-0.2, 0) is 19.2 Å². The molecule has 0 N–H and O–H groups in total. The van der Waals surface area contributed by atoms with Crippen LogP contribution in [0.2, 0.25) is 0 Å². The van der Waals surface area contributed by atoms with Crippen LogP contribution in [0.15, 0.2) is 46.6 Å². The summed E-state index contributed by atoms with van der Waals surface area (Å²) in [5.74, 6) is -1.65. The molecule has 0 saturated carbocycles. The molecule has 0 fully saturated rings. The molecular weight excluding hydrogens is 292 g/mol. The predicted molar refractivity (Wildman–Crippen MR) is 86.7 cm³/mol. The van der Waals surface area contributed by atoms with Crippen LogP contribution in [0, 0.1) is 11.3 Å². The van der Waals surface area contributed by atoms with Crippen molar-refractivity contribution in [1.82, 2.24) is 0 Å². The molecule has 4 nitrogen and oxygen atoms in total. The molecule has 0 spiro atoms. The first-order chi connectivity index (χ1) is 10.5. The van der Waals surface area contributed by atoms with Gasteiger partial charge in [-0.05, 0) is 43.6 Å². The molecular formula is C19H20O4. The Labute approximate surface area is 135 Å². The lowest BCUT2D eigenvalue weighted by atomic mass is 9.67. The van der Waals surface area contributed by atoms with Gasteiger partial charge in [0.1, 0.15) is 0 Å². The van der Waals surface area contributed by atoms with Crippen LogP contribution in [0.1, 0.15) is 34.6 Å². The summed E-state index contributed by atoms with van der Waals surface area (Å²) in [6.07, 6.45) is 5.20. The topological polar surface area (TPSA) is 68.3 Å². The Hall–Kier alpha value is -2.36. The van der Waals surface area contributed by atoms with Crippen molar-refractivity contribution in [2.45, 2.75) is 34.6 Å². The molecule has 0 aromatic heterocycles. The molecule has 4 heteroatoms. The van der Waals surface area contributed by atoms with Gasteiger partial charge in [0.05, 0.1) is 0 Å². The number of allylic oxidation sites excluding steroid dienone is 8. The summed E-state index contributed by atoms with van der Waals surface area (Å²) in [5, 5.41) is 0. The second-order valence-corrected chi connectivity index (χ2v) is 7.11. The molecule has 0 aliphatic heterocycles. The van der Waals surface area contributed by atoms with Crippen molar-refractivity contribution in [2.24, 2.45) is 11.3 Å². The number of ketones is 4. The van der Waals surface area contributed by atoms with Gasteiger partial charge in [0, 0.05) is 28.2 Å². The normalized spacial score (nSPS) is 19.6. The van der Waals surface area contributed by atoms with E-state index in [4.69, 9.17) is 0 Å². The molecule has 0 heterocycles. The van der Waals surface area contributed by atoms with Crippen LogP contribution in [0.25, 0.3) is 0 Å². The highest BCUT2D eigenvalue weighted by molar-refractivity contribution is 6.23. The highest BCUT2D eigenvalue weighted by Gasteiger charge is 2.39. The fraction of sp³-hybridized carbons (Fsp3) is 0.368. The summed E-state index contributed by atoms with van der Waals surface area (Å²) in [4.78, 5) is 48.8. The van der Waals surface area contributed by atoms with Gasteiger partial charge in [-0.3, -0.25) is 19.2 Å². The van der Waals surface area contributed by atoms with Gasteiger partial charge in [-0.25, -0.2) is 0 Å². The fourth-order valence-electron chi connectivity index (χ4n) is 2.91. The zero-order chi connectivity index (χ0) is 17.5. The zero-order valence-electron chi connectivity index (χ0n) is 14.0. The van der Waals surface area contributed by atoms with Gasteiger partial charge in [-0.2, -0.15) is 0 Å². The zero-order valence-corrected chi connectivity index (χ0v) is 14.0. The lowest BCUT2D eigenvalue weighted by Crippen LogP contribution is -2.33. The number of hydrogen-bond donors (Lipinski definition) is 0. The Bertz CT molecular complexity index is 691. The highest BCUT2D eigenvalue weighted by atomic mass is 16.1. The molecule has 0 aromatic carbocycles. The molecule has 0 radical (unpaired) electrons. The molecule has 0 amide bonds. The minimum atomic E-state index is -0.607. The second kappa shape index (κ2) is 5.69. The van der Waals surface area contributed by atoms with Crippen molar-refractivity contribution < 1.29 is 19.2 Å². The van der Waals surface area contributed by atoms with E-state index in [2.05, 4.69) is 0 Å². The maximum absolute atomic E-state index is 12.4. The van der Waals surface area contributed by atoms with Crippen molar-refractivity contribution in [3.63, 3.8) is 0 Å². The molecule has 0 unspecified atom stereocenters. The first-order valence-electron chi connectivity index (χ1n) is 7.49. The van der Waals surface area contributed by atoms with E-state index < -0.39 is 11.3 Å². The summed E-state index contributed by atoms with van der Waals surface area (Å²) in [6.45, 7) is 8.81. The van der Waals surface area contributed by atoms with E-state index in [1.54, 1.807) is 13.8 Å². The van der Waals surface area contributed by atoms with Gasteiger partial charge in [-0.1, -0.05) is 20.8 Å². The summed E-state index contributed by atoms with van der Waals surface area (Å²) >= 11 is 0. The Kier molecular flexibility index (Phi) is 4.20. The van der Waals surface area contributed by atoms with Crippen molar-refractivity contribution >= 4 is 23.1 Å². The summed E-state index contributed by atoms with van der Waals surface area (Å²) in [7, 11) is 0. The highest BCUT2D eigenvalue weighted by Crippen LogP contribution is 2.41. The number of carbonyl (C=O) groups excluding carboxylic acids is 4. The first kappa shape index (κ1) is 17.0. The van der Waals surface area contributed by atoms with E-state index in [-0.39, 0.29) is 34.3 Å². The third kappa shape index (κ3) is 3.21. The van der Waals surface area contributed by atoms with Crippen molar-refractivity contribution in [3.8, 4) is 0 Å². The Morgan fingerprint density at radius 1 is 0.652 bits per heavy atom. The first-order valence-corrected chi connectivity index (χ1v) is 7.49. The van der Waals surface area contributed by atoms with Gasteiger partial charge in [-0.15, -0.1) is 0 Å². The molecule has 0 aromatic rings. The molecule has 0 atom stereocenters. The fourth-order valence-corrected chi connectivity index (χ4v) is 2.91. The van der Waals surface area contributed by atoms with Crippen LogP contribution in [-0.4, -0.2) is 23.1 Å². The van der Waals surface area contributed by atoms with Gasteiger partial charge < -0.3 is 0 Å². The van der Waals surface area contributed by atoms with Gasteiger partial charge >= 0.3 is 0 Å². The maximum atomic E-state index is 12.4. The third-order valence-electron chi connectivity index (χ3n) is 4.10. The Morgan fingerprint density at radius 3 is 1.30 bits per heavy atom. The maximum Gasteiger partial charge on any atom is 0.183 e. The van der Waals surface area contributed by atoms with Crippen LogP contribution >= 0.6 is 0 Å². The third-order valence-corrected chi connectivity index (χ3v) is 4.10. The van der Waals surface area contributed by atoms with Gasteiger partial charge in [0.2, 0.25) is 0 Å². The van der Waals surface area contributed by atoms with E-state index >= 15 is 0 Å². The minimum absolute atomic E-state index is 0.240. The van der Waals surface area contributed by atoms with Crippen LogP contribution < -0.4 is 0 Å². The van der Waals surface area contributed by atoms with E-state index in [9.17, 15) is 19.2 Å². The largest absolute Gasteiger partial charge is 0.290 e. The summed E-state index contributed by atoms with van der Waals surface area (Å²) in [5.41, 5.74) is 0.799. The lowest BCUT2D eigenvalue weighted by Gasteiger charge is -2.34. The molecule has 2 aliphatic rings. The number of rotatable bonds is 2. The van der Waals surface area contributed by atoms with Gasteiger partial charge in [0.15, 0.2) is 23.1 Å². The average molecular weight is 312 g/mol. The van der Waals surface area contributed by atoms with Crippen molar-refractivity contribution in [2.75, 3.05) is 0 Å². The van der Waals surface area contributed by atoms with E-state index in [1.165, 1.54) is 24.3 Å². The smallest absolute Gasteiger partial charge is 0.183 e. The Morgan fingerprint density at radius 2 is 1.00 bits per heavy atom. The number of hydrogen-bond acceptors (Lipinski definition) is 4. The molecule has 0 saturated heterocycles. The number of carbonyl (C=O) groups is 4.